The van der Waals surface area contributed by atoms with Gasteiger partial charge in [-0.2, -0.15) is 5.10 Å². The average Bonchev–Trinajstić information content (AvgIpc) is 2.90. The van der Waals surface area contributed by atoms with Gasteiger partial charge in [-0.1, -0.05) is 19.8 Å². The van der Waals surface area contributed by atoms with Gasteiger partial charge in [0, 0.05) is 30.1 Å². The van der Waals surface area contributed by atoms with E-state index in [0.29, 0.717) is 17.1 Å². The number of hydrogen-bond donors (Lipinski definition) is 3. The third-order valence-corrected chi connectivity index (χ3v) is 3.85. The standard InChI is InChI=1S/C16H21N5O2S/c1-2-3-4-5-12(10-13-15(23)19-16(24)18-13)20-21-14(22)11-6-8-17-9-7-11/h6-9,13H,2-5,10H2,1H3,(H,21,22)(H2,18,19,23,24)/b20-12-. The van der Waals surface area contributed by atoms with Crippen LogP contribution in [0.3, 0.4) is 0 Å². The van der Waals surface area contributed by atoms with Crippen LogP contribution >= 0.6 is 12.2 Å². The van der Waals surface area contributed by atoms with Gasteiger partial charge in [0.15, 0.2) is 5.11 Å². The van der Waals surface area contributed by atoms with E-state index in [4.69, 9.17) is 12.2 Å². The second-order valence-electron chi connectivity index (χ2n) is 5.53. The minimum absolute atomic E-state index is 0.163. The molecule has 1 aliphatic heterocycles. The molecule has 3 N–H and O–H groups in total. The van der Waals surface area contributed by atoms with Crippen molar-refractivity contribution >= 4 is 34.9 Å². The van der Waals surface area contributed by atoms with E-state index in [0.717, 1.165) is 31.4 Å². The zero-order chi connectivity index (χ0) is 17.4. The van der Waals surface area contributed by atoms with Gasteiger partial charge >= 0.3 is 0 Å². The molecule has 1 atom stereocenters. The van der Waals surface area contributed by atoms with Gasteiger partial charge in [-0.05, 0) is 37.2 Å². The summed E-state index contributed by atoms with van der Waals surface area (Å²) in [4.78, 5) is 27.7. The van der Waals surface area contributed by atoms with Gasteiger partial charge in [-0.25, -0.2) is 5.43 Å². The fraction of sp³-hybridized carbons (Fsp3) is 0.438. The third kappa shape index (κ3) is 5.38. The number of amides is 2. The van der Waals surface area contributed by atoms with Crippen LogP contribution in [0.2, 0.25) is 0 Å². The van der Waals surface area contributed by atoms with E-state index in [1.165, 1.54) is 0 Å². The number of unbranched alkanes of at least 4 members (excludes halogenated alkanes) is 2. The fourth-order valence-electron chi connectivity index (χ4n) is 2.32. The molecular weight excluding hydrogens is 326 g/mol. The molecule has 1 unspecified atom stereocenters. The number of nitrogens with zero attached hydrogens (tertiary/aromatic N) is 2. The summed E-state index contributed by atoms with van der Waals surface area (Å²) < 4.78 is 0. The van der Waals surface area contributed by atoms with Crippen molar-refractivity contribution in [2.45, 2.75) is 45.1 Å². The molecule has 2 rings (SSSR count). The number of rotatable bonds is 8. The largest absolute Gasteiger partial charge is 0.350 e. The Morgan fingerprint density at radius 2 is 2.12 bits per heavy atom. The molecule has 2 amide bonds. The summed E-state index contributed by atoms with van der Waals surface area (Å²) in [5, 5.41) is 10.0. The normalized spacial score (nSPS) is 17.4. The zero-order valence-corrected chi connectivity index (χ0v) is 14.4. The summed E-state index contributed by atoms with van der Waals surface area (Å²) in [5.74, 6) is -0.464. The highest BCUT2D eigenvalue weighted by molar-refractivity contribution is 7.80. The van der Waals surface area contributed by atoms with Gasteiger partial charge in [-0.3, -0.25) is 14.6 Å². The number of carbonyl (C=O) groups excluding carboxylic acids is 2. The molecule has 0 saturated carbocycles. The monoisotopic (exact) mass is 347 g/mol. The highest BCUT2D eigenvalue weighted by atomic mass is 32.1. The number of pyridine rings is 1. The van der Waals surface area contributed by atoms with Gasteiger partial charge in [0.1, 0.15) is 6.04 Å². The molecule has 0 spiro atoms. The van der Waals surface area contributed by atoms with Gasteiger partial charge in [0.05, 0.1) is 0 Å². The Labute approximate surface area is 146 Å². The lowest BCUT2D eigenvalue weighted by molar-refractivity contribution is -0.119. The number of nitrogens with one attached hydrogen (secondary N) is 3. The minimum atomic E-state index is -0.435. The van der Waals surface area contributed by atoms with E-state index in [1.54, 1.807) is 24.5 Å². The molecule has 0 aromatic carbocycles. The number of thiocarbonyl (C=S) groups is 1. The summed E-state index contributed by atoms with van der Waals surface area (Å²) in [7, 11) is 0. The van der Waals surface area contributed by atoms with Crippen molar-refractivity contribution in [3.8, 4) is 0 Å². The summed E-state index contributed by atoms with van der Waals surface area (Å²) >= 11 is 4.94. The molecule has 128 valence electrons. The first kappa shape index (κ1) is 18.0. The smallest absolute Gasteiger partial charge is 0.271 e. The topological polar surface area (TPSA) is 95.5 Å². The highest BCUT2D eigenvalue weighted by Gasteiger charge is 2.28. The maximum Gasteiger partial charge on any atom is 0.271 e. The Balaban J connectivity index is 2.00. The van der Waals surface area contributed by atoms with Crippen LogP contribution in [0.25, 0.3) is 0 Å². The van der Waals surface area contributed by atoms with Crippen LogP contribution in [-0.2, 0) is 4.79 Å². The number of hydrogen-bond acceptors (Lipinski definition) is 5. The lowest BCUT2D eigenvalue weighted by atomic mass is 10.0. The van der Waals surface area contributed by atoms with Crippen LogP contribution in [0, 0.1) is 0 Å². The van der Waals surface area contributed by atoms with Crippen molar-refractivity contribution in [3.05, 3.63) is 30.1 Å². The average molecular weight is 347 g/mol. The number of carbonyl (C=O) groups is 2. The van der Waals surface area contributed by atoms with Gasteiger partial charge in [0.2, 0.25) is 5.91 Å². The van der Waals surface area contributed by atoms with Gasteiger partial charge in [0.25, 0.3) is 5.91 Å². The molecule has 0 aliphatic carbocycles. The highest BCUT2D eigenvalue weighted by Crippen LogP contribution is 2.08. The number of hydrazone groups is 1. The predicted octanol–water partition coefficient (Wildman–Crippen LogP) is 1.51. The molecule has 7 nitrogen and oxygen atoms in total. The maximum atomic E-state index is 12.1. The lowest BCUT2D eigenvalue weighted by Gasteiger charge is -2.11. The molecule has 1 aromatic heterocycles. The summed E-state index contributed by atoms with van der Waals surface area (Å²) in [5.41, 5.74) is 3.81. The first-order valence-electron chi connectivity index (χ1n) is 7.97. The van der Waals surface area contributed by atoms with Crippen LogP contribution in [0.15, 0.2) is 29.6 Å². The Hall–Kier alpha value is -2.35. The molecule has 1 aliphatic rings. The predicted molar refractivity (Wildman–Crippen MR) is 95.6 cm³/mol. The van der Waals surface area contributed by atoms with E-state index >= 15 is 0 Å². The van der Waals surface area contributed by atoms with E-state index in [-0.39, 0.29) is 11.8 Å². The summed E-state index contributed by atoms with van der Waals surface area (Å²) in [6, 6.07) is 2.80. The molecule has 2 heterocycles. The van der Waals surface area contributed by atoms with Crippen molar-refractivity contribution in [3.63, 3.8) is 0 Å². The third-order valence-electron chi connectivity index (χ3n) is 3.63. The maximum absolute atomic E-state index is 12.1. The second-order valence-corrected chi connectivity index (χ2v) is 5.94. The van der Waals surface area contributed by atoms with Crippen molar-refractivity contribution in [1.82, 2.24) is 21.0 Å². The molecule has 1 saturated heterocycles. The summed E-state index contributed by atoms with van der Waals surface area (Å²) in [6.07, 6.45) is 7.35. The molecular formula is C16H21N5O2S. The van der Waals surface area contributed by atoms with E-state index in [1.807, 2.05) is 0 Å². The van der Waals surface area contributed by atoms with E-state index in [9.17, 15) is 9.59 Å². The van der Waals surface area contributed by atoms with Crippen molar-refractivity contribution in [1.29, 1.82) is 0 Å². The molecule has 1 aromatic rings. The lowest BCUT2D eigenvalue weighted by Crippen LogP contribution is -2.32. The molecule has 8 heteroatoms. The Kier molecular flexibility index (Phi) is 6.80. The molecule has 1 fully saturated rings. The SMILES string of the molecule is CCCCC/C(CC1NC(=S)NC1=O)=N/NC(=O)c1ccncc1. The second kappa shape index (κ2) is 9.07. The van der Waals surface area contributed by atoms with Crippen LogP contribution < -0.4 is 16.1 Å². The molecule has 24 heavy (non-hydrogen) atoms. The fourth-order valence-corrected chi connectivity index (χ4v) is 2.56. The van der Waals surface area contributed by atoms with Crippen molar-refractivity contribution < 1.29 is 9.59 Å². The van der Waals surface area contributed by atoms with Crippen LogP contribution in [0.4, 0.5) is 0 Å². The van der Waals surface area contributed by atoms with Crippen molar-refractivity contribution in [2.24, 2.45) is 5.10 Å². The van der Waals surface area contributed by atoms with E-state index < -0.39 is 6.04 Å². The Morgan fingerprint density at radius 1 is 1.38 bits per heavy atom. The quantitative estimate of drug-likeness (QED) is 0.287. The van der Waals surface area contributed by atoms with E-state index in [2.05, 4.69) is 33.1 Å². The van der Waals surface area contributed by atoms with Crippen LogP contribution in [0.1, 0.15) is 49.4 Å². The Bertz CT molecular complexity index is 633. The van der Waals surface area contributed by atoms with Crippen LogP contribution in [-0.4, -0.2) is 33.7 Å². The van der Waals surface area contributed by atoms with Gasteiger partial charge in [-0.15, -0.1) is 0 Å². The number of aromatic nitrogens is 1. The molecule has 0 radical (unpaired) electrons. The minimum Gasteiger partial charge on any atom is -0.350 e. The van der Waals surface area contributed by atoms with Crippen LogP contribution in [0.5, 0.6) is 0 Å². The summed E-state index contributed by atoms with van der Waals surface area (Å²) in [6.45, 7) is 2.12. The Morgan fingerprint density at radius 3 is 2.75 bits per heavy atom. The van der Waals surface area contributed by atoms with Crippen molar-refractivity contribution in [2.75, 3.05) is 0 Å². The molecule has 0 bridgehead atoms. The van der Waals surface area contributed by atoms with Gasteiger partial charge < -0.3 is 10.6 Å². The first-order valence-corrected chi connectivity index (χ1v) is 8.38. The first-order chi connectivity index (χ1) is 11.6. The zero-order valence-electron chi connectivity index (χ0n) is 13.5.